The number of carbonyl (C=O) groups excluding carboxylic acids is 2. The van der Waals surface area contributed by atoms with Crippen molar-refractivity contribution in [2.24, 2.45) is 10.4 Å². The zero-order valence-corrected chi connectivity index (χ0v) is 16.3. The molecule has 25 heavy (non-hydrogen) atoms. The molecule has 1 unspecified atom stereocenters. The molecule has 0 aromatic carbocycles. The third-order valence-electron chi connectivity index (χ3n) is 4.87. The van der Waals surface area contributed by atoms with Gasteiger partial charge in [-0.3, -0.25) is 19.8 Å². The zero-order valence-electron chi connectivity index (χ0n) is 16.3. The fourth-order valence-electron chi connectivity index (χ4n) is 2.81. The number of carbonyl (C=O) groups is 2. The second kappa shape index (κ2) is 8.84. The number of likely N-dealkylation sites (tertiary alicyclic amines) is 1. The highest BCUT2D eigenvalue weighted by Crippen LogP contribution is 2.33. The van der Waals surface area contributed by atoms with Crippen LogP contribution >= 0.6 is 0 Å². The lowest BCUT2D eigenvalue weighted by molar-refractivity contribution is -0.243. The maximum atomic E-state index is 12.4. The Labute approximate surface area is 150 Å². The maximum Gasteiger partial charge on any atom is 0.242 e. The standard InChI is InChI=1S/C13H21N3O2.C4H11NO2/c1-12(2,14-4)11(18)16-6-5-9-13(3,8-16)10(17)7-15-9;1-5(2)3-4-7-6/h14H,5-8H2,1-4H3;6H,3-4H2,1-2H3. The van der Waals surface area contributed by atoms with E-state index in [4.69, 9.17) is 5.26 Å². The largest absolute Gasteiger partial charge is 0.339 e. The van der Waals surface area contributed by atoms with Gasteiger partial charge in [0, 0.05) is 31.8 Å². The molecule has 2 aliphatic heterocycles. The number of hydrogen-bond donors (Lipinski definition) is 2. The Morgan fingerprint density at radius 3 is 2.60 bits per heavy atom. The van der Waals surface area contributed by atoms with Crippen molar-refractivity contribution >= 4 is 17.4 Å². The summed E-state index contributed by atoms with van der Waals surface area (Å²) in [7, 11) is 5.61. The molecule has 1 amide bonds. The predicted octanol–water partition coefficient (Wildman–Crippen LogP) is 0.284. The normalized spacial score (nSPS) is 23.1. The van der Waals surface area contributed by atoms with Crippen molar-refractivity contribution in [3.63, 3.8) is 0 Å². The van der Waals surface area contributed by atoms with Gasteiger partial charge in [0.15, 0.2) is 5.78 Å². The first kappa shape index (κ1) is 21.7. The van der Waals surface area contributed by atoms with Gasteiger partial charge in [-0.05, 0) is 41.9 Å². The molecular formula is C17H32N4O4. The molecule has 0 radical (unpaired) electrons. The summed E-state index contributed by atoms with van der Waals surface area (Å²) in [5.74, 6) is 0.183. The van der Waals surface area contributed by atoms with E-state index in [-0.39, 0.29) is 18.2 Å². The highest BCUT2D eigenvalue weighted by atomic mass is 17.1. The van der Waals surface area contributed by atoms with Gasteiger partial charge in [-0.1, -0.05) is 0 Å². The number of amides is 1. The number of ketones is 1. The van der Waals surface area contributed by atoms with Gasteiger partial charge >= 0.3 is 0 Å². The minimum absolute atomic E-state index is 0.0463. The van der Waals surface area contributed by atoms with Crippen molar-refractivity contribution in [3.8, 4) is 0 Å². The second-order valence-corrected chi connectivity index (χ2v) is 7.51. The Morgan fingerprint density at radius 2 is 2.12 bits per heavy atom. The summed E-state index contributed by atoms with van der Waals surface area (Å²) >= 11 is 0. The van der Waals surface area contributed by atoms with Crippen molar-refractivity contribution in [2.45, 2.75) is 32.7 Å². The fourth-order valence-corrected chi connectivity index (χ4v) is 2.81. The van der Waals surface area contributed by atoms with E-state index in [1.807, 2.05) is 39.8 Å². The van der Waals surface area contributed by atoms with E-state index >= 15 is 0 Å². The summed E-state index contributed by atoms with van der Waals surface area (Å²) in [6.07, 6.45) is 0.716. The quantitative estimate of drug-likeness (QED) is 0.543. The van der Waals surface area contributed by atoms with Gasteiger partial charge in [-0.25, -0.2) is 4.89 Å². The van der Waals surface area contributed by atoms with Crippen LogP contribution in [0.4, 0.5) is 0 Å². The lowest BCUT2D eigenvalue weighted by Crippen LogP contribution is -2.59. The summed E-state index contributed by atoms with van der Waals surface area (Å²) in [6, 6.07) is 0. The van der Waals surface area contributed by atoms with Crippen LogP contribution in [-0.2, 0) is 14.5 Å². The summed E-state index contributed by atoms with van der Waals surface area (Å²) in [6.45, 7) is 8.18. The van der Waals surface area contributed by atoms with Crippen LogP contribution in [-0.4, -0.2) is 91.9 Å². The number of rotatable bonds is 5. The first-order valence-electron chi connectivity index (χ1n) is 8.55. The molecule has 8 nitrogen and oxygen atoms in total. The molecule has 2 N–H and O–H groups in total. The number of nitrogens with zero attached hydrogens (tertiary/aromatic N) is 3. The molecule has 0 saturated carbocycles. The van der Waals surface area contributed by atoms with Gasteiger partial charge in [0.1, 0.15) is 0 Å². The van der Waals surface area contributed by atoms with Crippen LogP contribution < -0.4 is 5.32 Å². The van der Waals surface area contributed by atoms with Gasteiger partial charge < -0.3 is 15.1 Å². The monoisotopic (exact) mass is 356 g/mol. The molecule has 2 rings (SSSR count). The number of aliphatic imine (C=N–C) groups is 1. The number of nitrogens with one attached hydrogen (secondary N) is 1. The van der Waals surface area contributed by atoms with E-state index in [1.165, 1.54) is 0 Å². The molecule has 1 saturated heterocycles. The first-order valence-corrected chi connectivity index (χ1v) is 8.55. The Bertz CT molecular complexity index is 519. The van der Waals surface area contributed by atoms with E-state index < -0.39 is 11.0 Å². The van der Waals surface area contributed by atoms with E-state index in [0.29, 0.717) is 26.1 Å². The van der Waals surface area contributed by atoms with Crippen LogP contribution in [0.25, 0.3) is 0 Å². The van der Waals surface area contributed by atoms with E-state index in [1.54, 1.807) is 11.9 Å². The Kier molecular flexibility index (Phi) is 7.67. The maximum absolute atomic E-state index is 12.4. The third kappa shape index (κ3) is 5.31. The SMILES string of the molecule is CN(C)CCOO.CNC(C)(C)C(=O)N1CCC2=NCC(=O)C2(C)C1. The van der Waals surface area contributed by atoms with Crippen molar-refractivity contribution < 1.29 is 19.7 Å². The fraction of sp³-hybridized carbons (Fsp3) is 0.824. The van der Waals surface area contributed by atoms with Crippen LogP contribution in [0, 0.1) is 5.41 Å². The van der Waals surface area contributed by atoms with Crippen LogP contribution in [0.1, 0.15) is 27.2 Å². The molecule has 0 bridgehead atoms. The lowest BCUT2D eigenvalue weighted by atomic mass is 9.78. The molecule has 2 heterocycles. The summed E-state index contributed by atoms with van der Waals surface area (Å²) in [5, 5.41) is 10.8. The minimum atomic E-state index is -0.591. The van der Waals surface area contributed by atoms with E-state index in [9.17, 15) is 9.59 Å². The van der Waals surface area contributed by atoms with Gasteiger partial charge in [0.25, 0.3) is 0 Å². The molecule has 0 aliphatic carbocycles. The molecule has 0 spiro atoms. The smallest absolute Gasteiger partial charge is 0.242 e. The van der Waals surface area contributed by atoms with Crippen molar-refractivity contribution in [3.05, 3.63) is 0 Å². The minimum Gasteiger partial charge on any atom is -0.339 e. The molecule has 2 aliphatic rings. The summed E-state index contributed by atoms with van der Waals surface area (Å²) in [5.41, 5.74) is -0.163. The number of likely N-dealkylation sites (N-methyl/N-ethyl adjacent to an activating group) is 2. The predicted molar refractivity (Wildman–Crippen MR) is 96.9 cm³/mol. The van der Waals surface area contributed by atoms with Crippen molar-refractivity contribution in [1.82, 2.24) is 15.1 Å². The Balaban J connectivity index is 0.000000381. The number of Topliss-reactive ketones (excluding diaryl/α,β-unsaturated/α-hetero) is 1. The highest BCUT2D eigenvalue weighted by Gasteiger charge is 2.48. The van der Waals surface area contributed by atoms with Gasteiger partial charge in [0.05, 0.1) is 24.1 Å². The van der Waals surface area contributed by atoms with Crippen LogP contribution in [0.2, 0.25) is 0 Å². The molecule has 1 atom stereocenters. The molecule has 8 heteroatoms. The van der Waals surface area contributed by atoms with E-state index in [2.05, 4.69) is 15.2 Å². The van der Waals surface area contributed by atoms with Gasteiger partial charge in [0.2, 0.25) is 5.91 Å². The van der Waals surface area contributed by atoms with Crippen LogP contribution in [0.5, 0.6) is 0 Å². The second-order valence-electron chi connectivity index (χ2n) is 7.51. The molecule has 1 fully saturated rings. The average molecular weight is 356 g/mol. The first-order chi connectivity index (χ1) is 11.6. The molecule has 0 aromatic rings. The van der Waals surface area contributed by atoms with Crippen molar-refractivity contribution in [1.29, 1.82) is 0 Å². The zero-order chi connectivity index (χ0) is 19.3. The van der Waals surface area contributed by atoms with Gasteiger partial charge in [-0.15, -0.1) is 0 Å². The number of fused-ring (bicyclic) bond motifs is 1. The summed E-state index contributed by atoms with van der Waals surface area (Å²) in [4.78, 5) is 36.2. The van der Waals surface area contributed by atoms with Crippen molar-refractivity contribution in [2.75, 3.05) is 53.9 Å². The average Bonchev–Trinajstić information content (AvgIpc) is 2.87. The lowest BCUT2D eigenvalue weighted by Gasteiger charge is -2.40. The summed E-state index contributed by atoms with van der Waals surface area (Å²) < 4.78 is 0. The Hall–Kier alpha value is -1.35. The van der Waals surface area contributed by atoms with Crippen LogP contribution in [0.3, 0.4) is 0 Å². The number of hydrogen-bond acceptors (Lipinski definition) is 7. The third-order valence-corrected chi connectivity index (χ3v) is 4.87. The molecular weight excluding hydrogens is 324 g/mol. The topological polar surface area (TPSA) is 94.5 Å². The van der Waals surface area contributed by atoms with Gasteiger partial charge in [-0.2, -0.15) is 0 Å². The van der Waals surface area contributed by atoms with E-state index in [0.717, 1.165) is 12.3 Å². The number of piperidine rings is 1. The Morgan fingerprint density at radius 1 is 1.48 bits per heavy atom. The molecule has 0 aromatic heterocycles. The highest BCUT2D eigenvalue weighted by molar-refractivity contribution is 6.15. The molecule has 144 valence electrons. The van der Waals surface area contributed by atoms with Crippen LogP contribution in [0.15, 0.2) is 4.99 Å².